The first kappa shape index (κ1) is 25.5. The molecule has 2 unspecified atom stereocenters. The topological polar surface area (TPSA) is 127 Å². The van der Waals surface area contributed by atoms with Crippen LogP contribution in [0.1, 0.15) is 35.2 Å². The number of fused-ring (bicyclic) bond motifs is 1. The lowest BCUT2D eigenvalue weighted by molar-refractivity contribution is -0.309. The van der Waals surface area contributed by atoms with E-state index in [9.17, 15) is 23.8 Å². The van der Waals surface area contributed by atoms with Gasteiger partial charge in [-0.1, -0.05) is 47.0 Å². The van der Waals surface area contributed by atoms with Crippen molar-refractivity contribution in [3.05, 3.63) is 86.8 Å². The van der Waals surface area contributed by atoms with Crippen LogP contribution in [0.2, 0.25) is 5.02 Å². The smallest absolute Gasteiger partial charge is 0.389 e. The minimum absolute atomic E-state index is 0.00296. The standard InChI is InChI=1S/C23H20ClF3N6O4/c1-11-29-21(33(31-11)15-9-13(24)7-8-14(15)23(25,26)27)20-18(34)17(30-32-28)19-16(36-20)10-35-22(37-19)12-5-3-2-4-6-12/h2-9,16-20,22,34H,10H2,1H3/t16-,17?,18-,19+,20-,22?/m1/s1. The van der Waals surface area contributed by atoms with Crippen molar-refractivity contribution in [3.63, 3.8) is 0 Å². The number of aromatic nitrogens is 3. The monoisotopic (exact) mass is 536 g/mol. The number of ether oxygens (including phenoxy) is 3. The molecule has 2 aliphatic rings. The lowest BCUT2D eigenvalue weighted by Crippen LogP contribution is -2.58. The highest BCUT2D eigenvalue weighted by atomic mass is 35.5. The summed E-state index contributed by atoms with van der Waals surface area (Å²) in [7, 11) is 0. The van der Waals surface area contributed by atoms with E-state index in [4.69, 9.17) is 25.8 Å². The van der Waals surface area contributed by atoms with Crippen LogP contribution in [0.4, 0.5) is 13.2 Å². The molecule has 0 radical (unpaired) electrons. The fourth-order valence-electron chi connectivity index (χ4n) is 4.51. The number of aliphatic hydroxyl groups is 1. The van der Waals surface area contributed by atoms with Crippen molar-refractivity contribution in [1.82, 2.24) is 14.8 Å². The van der Waals surface area contributed by atoms with E-state index >= 15 is 0 Å². The lowest BCUT2D eigenvalue weighted by Gasteiger charge is -2.46. The molecule has 2 saturated heterocycles. The summed E-state index contributed by atoms with van der Waals surface area (Å²) in [5, 5.41) is 19.1. The van der Waals surface area contributed by atoms with Gasteiger partial charge in [-0.15, -0.1) is 0 Å². The second-order valence-corrected chi connectivity index (χ2v) is 8.98. The quantitative estimate of drug-likeness (QED) is 0.289. The average Bonchev–Trinajstić information content (AvgIpc) is 3.26. The highest BCUT2D eigenvalue weighted by Crippen LogP contribution is 2.42. The number of aliphatic hydroxyl groups excluding tert-OH is 1. The van der Waals surface area contributed by atoms with Crippen LogP contribution in [0.15, 0.2) is 53.6 Å². The SMILES string of the molecule is Cc1nc([C@@H]2O[C@@H]3COC(c4ccccc4)O[C@@H]3C(N=[N+]=[N-])[C@H]2O)n(-c2cc(Cl)ccc2C(F)(F)F)n1. The van der Waals surface area contributed by atoms with E-state index in [1.807, 2.05) is 18.2 Å². The first-order valence-electron chi connectivity index (χ1n) is 11.2. The Hall–Kier alpha value is -3.19. The van der Waals surface area contributed by atoms with Gasteiger partial charge in [0.2, 0.25) is 0 Å². The Balaban J connectivity index is 1.53. The Morgan fingerprint density at radius 3 is 2.65 bits per heavy atom. The van der Waals surface area contributed by atoms with E-state index in [0.717, 1.165) is 22.9 Å². The first-order valence-corrected chi connectivity index (χ1v) is 11.6. The molecule has 194 valence electrons. The van der Waals surface area contributed by atoms with Crippen LogP contribution in [-0.2, 0) is 20.4 Å². The van der Waals surface area contributed by atoms with Crippen LogP contribution in [0.3, 0.4) is 0 Å². The van der Waals surface area contributed by atoms with Gasteiger partial charge in [0.25, 0.3) is 0 Å². The van der Waals surface area contributed by atoms with Gasteiger partial charge in [-0.3, -0.25) is 0 Å². The minimum Gasteiger partial charge on any atom is -0.389 e. The number of alkyl halides is 3. The molecular formula is C23H20ClF3N6O4. The zero-order valence-electron chi connectivity index (χ0n) is 19.2. The molecule has 0 bridgehead atoms. The number of azide groups is 1. The number of nitrogens with zero attached hydrogens (tertiary/aromatic N) is 6. The van der Waals surface area contributed by atoms with E-state index in [0.29, 0.717) is 5.56 Å². The third-order valence-electron chi connectivity index (χ3n) is 6.12. The van der Waals surface area contributed by atoms with Crippen LogP contribution in [0.5, 0.6) is 0 Å². The molecule has 0 spiro atoms. The number of rotatable bonds is 4. The molecule has 3 heterocycles. The van der Waals surface area contributed by atoms with Gasteiger partial charge in [0, 0.05) is 15.5 Å². The van der Waals surface area contributed by atoms with Crippen molar-refractivity contribution in [2.45, 2.75) is 49.8 Å². The summed E-state index contributed by atoms with van der Waals surface area (Å²) in [6, 6.07) is 10.9. The number of aryl methyl sites for hydroxylation is 1. The van der Waals surface area contributed by atoms with Gasteiger partial charge in [-0.05, 0) is 30.7 Å². The van der Waals surface area contributed by atoms with Gasteiger partial charge in [0.1, 0.15) is 24.1 Å². The molecule has 6 atom stereocenters. The fraction of sp³-hybridized carbons (Fsp3) is 0.391. The summed E-state index contributed by atoms with van der Waals surface area (Å²) in [6.07, 6.45) is -10.1. The number of hydrogen-bond acceptors (Lipinski definition) is 7. The summed E-state index contributed by atoms with van der Waals surface area (Å²) in [6.45, 7) is 1.49. The van der Waals surface area contributed by atoms with Crippen LogP contribution in [0.25, 0.3) is 16.1 Å². The van der Waals surface area contributed by atoms with Gasteiger partial charge in [-0.25, -0.2) is 9.67 Å². The summed E-state index contributed by atoms with van der Waals surface area (Å²) in [5.74, 6) is 0.00110. The molecular weight excluding hydrogens is 517 g/mol. The molecule has 14 heteroatoms. The summed E-state index contributed by atoms with van der Waals surface area (Å²) in [4.78, 5) is 7.10. The molecule has 1 N–H and O–H groups in total. The molecule has 2 aliphatic heterocycles. The first-order chi connectivity index (χ1) is 17.7. The Kier molecular flexibility index (Phi) is 6.84. The maximum Gasteiger partial charge on any atom is 0.418 e. The molecule has 3 aromatic rings. The molecule has 0 saturated carbocycles. The minimum atomic E-state index is -4.72. The molecule has 2 aromatic carbocycles. The highest BCUT2D eigenvalue weighted by molar-refractivity contribution is 6.30. The van der Waals surface area contributed by atoms with E-state index in [1.165, 1.54) is 6.92 Å². The Bertz CT molecular complexity index is 1330. The molecule has 2 fully saturated rings. The Morgan fingerprint density at radius 2 is 1.95 bits per heavy atom. The Morgan fingerprint density at radius 1 is 1.19 bits per heavy atom. The van der Waals surface area contributed by atoms with Crippen molar-refractivity contribution in [3.8, 4) is 5.69 Å². The highest BCUT2D eigenvalue weighted by Gasteiger charge is 2.51. The third-order valence-corrected chi connectivity index (χ3v) is 6.35. The normalized spacial score (nSPS) is 27.8. The molecule has 1 aromatic heterocycles. The van der Waals surface area contributed by atoms with Crippen LogP contribution in [-0.4, -0.2) is 50.8 Å². The largest absolute Gasteiger partial charge is 0.418 e. The van der Waals surface area contributed by atoms with Gasteiger partial charge >= 0.3 is 6.18 Å². The van der Waals surface area contributed by atoms with Crippen LogP contribution >= 0.6 is 11.6 Å². The van der Waals surface area contributed by atoms with Crippen molar-refractivity contribution < 1.29 is 32.5 Å². The zero-order valence-corrected chi connectivity index (χ0v) is 19.9. The number of hydrogen-bond donors (Lipinski definition) is 1. The average molecular weight is 537 g/mol. The van der Waals surface area contributed by atoms with Crippen molar-refractivity contribution >= 4 is 11.6 Å². The van der Waals surface area contributed by atoms with Crippen molar-refractivity contribution in [2.75, 3.05) is 6.61 Å². The number of halogens is 4. The molecule has 5 rings (SSSR count). The van der Waals surface area contributed by atoms with Gasteiger partial charge < -0.3 is 19.3 Å². The van der Waals surface area contributed by atoms with E-state index in [2.05, 4.69) is 20.1 Å². The maximum absolute atomic E-state index is 13.8. The van der Waals surface area contributed by atoms with Crippen molar-refractivity contribution in [1.29, 1.82) is 0 Å². The predicted molar refractivity (Wildman–Crippen MR) is 123 cm³/mol. The maximum atomic E-state index is 13.8. The summed E-state index contributed by atoms with van der Waals surface area (Å²) >= 11 is 6.01. The third kappa shape index (κ3) is 4.89. The molecule has 0 aliphatic carbocycles. The lowest BCUT2D eigenvalue weighted by atomic mass is 9.91. The summed E-state index contributed by atoms with van der Waals surface area (Å²) < 4.78 is 60.2. The van der Waals surface area contributed by atoms with E-state index in [-0.39, 0.29) is 23.3 Å². The second kappa shape index (κ2) is 9.93. The Labute approximate surface area is 213 Å². The summed E-state index contributed by atoms with van der Waals surface area (Å²) in [5.41, 5.74) is 8.52. The molecule has 37 heavy (non-hydrogen) atoms. The van der Waals surface area contributed by atoms with Crippen LogP contribution in [0, 0.1) is 6.92 Å². The van der Waals surface area contributed by atoms with Crippen LogP contribution < -0.4 is 0 Å². The molecule has 0 amide bonds. The fourth-order valence-corrected chi connectivity index (χ4v) is 4.68. The predicted octanol–water partition coefficient (Wildman–Crippen LogP) is 4.84. The molecule has 10 nitrogen and oxygen atoms in total. The van der Waals surface area contributed by atoms with E-state index < -0.39 is 54.2 Å². The van der Waals surface area contributed by atoms with E-state index in [1.54, 1.807) is 12.1 Å². The number of benzene rings is 2. The van der Waals surface area contributed by atoms with Crippen molar-refractivity contribution in [2.24, 2.45) is 5.11 Å². The van der Waals surface area contributed by atoms with Gasteiger partial charge in [-0.2, -0.15) is 18.3 Å². The van der Waals surface area contributed by atoms with Gasteiger partial charge in [0.15, 0.2) is 12.1 Å². The second-order valence-electron chi connectivity index (χ2n) is 8.55. The zero-order chi connectivity index (χ0) is 26.3. The van der Waals surface area contributed by atoms with Gasteiger partial charge in [0.05, 0.1) is 30.0 Å².